The number of amides is 1. The predicted octanol–water partition coefficient (Wildman–Crippen LogP) is 10.3. The number of ether oxygens (including phenoxy) is 1. The predicted molar refractivity (Wildman–Crippen MR) is 269 cm³/mol. The molecule has 2 aliphatic heterocycles. The maximum absolute atomic E-state index is 15.1. The smallest absolute Gasteiger partial charge is 0.475 e. The van der Waals surface area contributed by atoms with Gasteiger partial charge in [-0.15, -0.1) is 0 Å². The van der Waals surface area contributed by atoms with E-state index >= 15 is 4.39 Å². The van der Waals surface area contributed by atoms with Crippen molar-refractivity contribution < 1.29 is 73.4 Å². The highest BCUT2D eigenvalue weighted by molar-refractivity contribution is 7.90. The first-order valence-corrected chi connectivity index (χ1v) is 25.3. The number of piperazine rings is 1. The molecule has 3 aliphatic rings. The van der Waals surface area contributed by atoms with E-state index in [-0.39, 0.29) is 34.2 Å². The molecule has 4 aromatic carbocycles. The number of fused-ring (bicyclic) bond motifs is 1. The molecule has 2 fully saturated rings. The van der Waals surface area contributed by atoms with Gasteiger partial charge < -0.3 is 35.1 Å². The monoisotopic (exact) mass is 1110 g/mol. The summed E-state index contributed by atoms with van der Waals surface area (Å²) in [4.78, 5) is 52.4. The first-order chi connectivity index (χ1) is 35.5. The number of carboxylic acids is 2. The summed E-state index contributed by atoms with van der Waals surface area (Å²) in [6, 6.07) is 21.0. The van der Waals surface area contributed by atoms with E-state index < -0.39 is 61.5 Å². The van der Waals surface area contributed by atoms with E-state index in [1.165, 1.54) is 41.0 Å². The lowest BCUT2D eigenvalue weighted by molar-refractivity contribution is -0.384. The zero-order valence-corrected chi connectivity index (χ0v) is 42.6. The maximum Gasteiger partial charge on any atom is 0.490 e. The van der Waals surface area contributed by atoms with Gasteiger partial charge in [-0.25, -0.2) is 27.1 Å². The normalized spacial score (nSPS) is 16.7. The van der Waals surface area contributed by atoms with Gasteiger partial charge >= 0.3 is 24.3 Å². The molecule has 5 aromatic rings. The van der Waals surface area contributed by atoms with Gasteiger partial charge in [-0.3, -0.25) is 19.8 Å². The Balaban J connectivity index is 0.000000590. The average Bonchev–Trinajstić information content (AvgIpc) is 3.82. The number of nitro groups is 1. The lowest BCUT2D eigenvalue weighted by Crippen LogP contribution is -2.47. The number of alkyl halides is 6. The molecule has 0 spiro atoms. The van der Waals surface area contributed by atoms with Gasteiger partial charge in [-0.2, -0.15) is 26.3 Å². The topological polar surface area (TPSA) is 228 Å². The minimum absolute atomic E-state index is 0.00948. The summed E-state index contributed by atoms with van der Waals surface area (Å²) < 4.78 is 114. The molecule has 17 nitrogen and oxygen atoms in total. The number of carbonyl (C=O) groups is 3. The van der Waals surface area contributed by atoms with Gasteiger partial charge in [0.1, 0.15) is 17.2 Å². The number of aromatic nitrogens is 1. The Bertz CT molecular complexity index is 3060. The zero-order valence-electron chi connectivity index (χ0n) is 41.0. The first kappa shape index (κ1) is 58.3. The number of hydrogen-bond donors (Lipinski definition) is 5. The van der Waals surface area contributed by atoms with Gasteiger partial charge in [0.05, 0.1) is 20.9 Å². The van der Waals surface area contributed by atoms with Crippen LogP contribution in [0.4, 0.5) is 47.8 Å². The molecule has 2 saturated heterocycles. The average molecular weight is 1110 g/mol. The highest BCUT2D eigenvalue weighted by Crippen LogP contribution is 2.44. The molecule has 8 rings (SSSR count). The Morgan fingerprint density at radius 1 is 0.882 bits per heavy atom. The van der Waals surface area contributed by atoms with Crippen LogP contribution in [-0.2, 0) is 19.6 Å². The van der Waals surface area contributed by atoms with Crippen molar-refractivity contribution in [3.63, 3.8) is 0 Å². The standard InChI is InChI=1S/C46H51ClFN7O6S.2C2HF3O2/c1-46(2)16-12-32(39(28-46)30-4-6-33(47)7-5-30)29-53-20-22-54(23-21-53)35-8-10-38(43(25-35)61-36-24-31-13-17-49-44(31)40(48)26-36)45(56)51-62(59,60)37-9-11-41(42(27-37)55(57)58)50-34-14-18-52(3)19-15-34;2*3-2(4,5)1(6)7/h4-11,13,17,24-27,34,49-50H,12,14-16,18-23,28-29H2,1-3H3,(H,51,56);2*(H,6,7). The summed E-state index contributed by atoms with van der Waals surface area (Å²) >= 11 is 6.23. The summed E-state index contributed by atoms with van der Waals surface area (Å²) in [6.07, 6.45) is -3.87. The second kappa shape index (κ2) is 23.9. The third-order valence-corrected chi connectivity index (χ3v) is 14.4. The third kappa shape index (κ3) is 15.6. The number of anilines is 2. The fourth-order valence-corrected chi connectivity index (χ4v) is 9.84. The van der Waals surface area contributed by atoms with Gasteiger partial charge in [0.2, 0.25) is 0 Å². The van der Waals surface area contributed by atoms with Crippen LogP contribution in [-0.4, -0.2) is 127 Å². The van der Waals surface area contributed by atoms with E-state index in [1.807, 2.05) is 19.2 Å². The molecule has 1 aliphatic carbocycles. The molecular formula is C50H53ClF7N7O10S. The van der Waals surface area contributed by atoms with E-state index in [0.717, 1.165) is 76.6 Å². The molecule has 0 unspecified atom stereocenters. The number of piperidine rings is 1. The third-order valence-electron chi connectivity index (χ3n) is 12.8. The first-order valence-electron chi connectivity index (χ1n) is 23.4. The number of hydrogen-bond acceptors (Lipinski definition) is 12. The number of aromatic amines is 1. The lowest BCUT2D eigenvalue weighted by atomic mass is 9.72. The summed E-state index contributed by atoms with van der Waals surface area (Å²) in [5.41, 5.74) is 4.95. The minimum Gasteiger partial charge on any atom is -0.475 e. The number of H-pyrrole nitrogens is 1. The molecule has 410 valence electrons. The largest absolute Gasteiger partial charge is 0.490 e. The van der Waals surface area contributed by atoms with Crippen molar-refractivity contribution in [2.45, 2.75) is 69.2 Å². The molecule has 26 heteroatoms. The number of benzene rings is 4. The Morgan fingerprint density at radius 3 is 2.09 bits per heavy atom. The van der Waals surface area contributed by atoms with Crippen LogP contribution in [0.15, 0.2) is 95.5 Å². The number of carbonyl (C=O) groups excluding carboxylic acids is 1. The van der Waals surface area contributed by atoms with Crippen LogP contribution in [0, 0.1) is 21.3 Å². The van der Waals surface area contributed by atoms with Crippen molar-refractivity contribution in [1.29, 1.82) is 0 Å². The number of halogens is 8. The number of nitrogens with zero attached hydrogens (tertiary/aromatic N) is 4. The SMILES string of the molecule is CN1CCC(Nc2ccc(S(=O)(=O)NC(=O)c3ccc(N4CCN(CC5=C(c6ccc(Cl)cc6)CC(C)(C)CC5)CC4)cc3Oc3cc(F)c4[nH]ccc4c3)cc2[N+](=O)[O-])CC1.O=C(O)C(F)(F)F.O=C(O)C(F)(F)F. The molecule has 3 heterocycles. The Labute approximate surface area is 436 Å². The van der Waals surface area contributed by atoms with Crippen LogP contribution in [0.3, 0.4) is 0 Å². The van der Waals surface area contributed by atoms with Crippen molar-refractivity contribution >= 4 is 73.0 Å². The van der Waals surface area contributed by atoms with Crippen LogP contribution in [0.2, 0.25) is 5.02 Å². The second-order valence-electron chi connectivity index (χ2n) is 19.0. The molecule has 0 saturated carbocycles. The molecule has 76 heavy (non-hydrogen) atoms. The lowest BCUT2D eigenvalue weighted by Gasteiger charge is -2.39. The molecule has 1 aromatic heterocycles. The van der Waals surface area contributed by atoms with E-state index in [1.54, 1.807) is 30.5 Å². The molecule has 1 amide bonds. The maximum atomic E-state index is 15.1. The molecule has 0 atom stereocenters. The Kier molecular flexibility index (Phi) is 18.4. The highest BCUT2D eigenvalue weighted by atomic mass is 35.5. The van der Waals surface area contributed by atoms with E-state index in [2.05, 4.69) is 55.7 Å². The Morgan fingerprint density at radius 2 is 1.50 bits per heavy atom. The molecule has 5 N–H and O–H groups in total. The van der Waals surface area contributed by atoms with Crippen molar-refractivity contribution in [1.82, 2.24) is 19.5 Å². The van der Waals surface area contributed by atoms with Gasteiger partial charge in [-0.1, -0.05) is 43.2 Å². The van der Waals surface area contributed by atoms with Gasteiger partial charge in [-0.05, 0) is 117 Å². The van der Waals surface area contributed by atoms with Crippen molar-refractivity contribution in [3.8, 4) is 11.5 Å². The summed E-state index contributed by atoms with van der Waals surface area (Å²) in [5.74, 6) is -6.97. The van der Waals surface area contributed by atoms with E-state index in [9.17, 15) is 49.7 Å². The van der Waals surface area contributed by atoms with Crippen LogP contribution in [0.25, 0.3) is 16.5 Å². The number of nitro benzene ring substituents is 1. The number of carboxylic acid groups (broad SMARTS) is 2. The quantitative estimate of drug-likeness (QED) is 0.0445. The fourth-order valence-electron chi connectivity index (χ4n) is 8.72. The summed E-state index contributed by atoms with van der Waals surface area (Å²) in [6.45, 7) is 10.1. The second-order valence-corrected chi connectivity index (χ2v) is 21.1. The molecule has 0 radical (unpaired) electrons. The van der Waals surface area contributed by atoms with Crippen LogP contribution in [0.5, 0.6) is 11.5 Å². The summed E-state index contributed by atoms with van der Waals surface area (Å²) in [7, 11) is -2.59. The minimum atomic E-state index is -5.08. The number of likely N-dealkylation sites (tertiary alicyclic amines) is 1. The number of allylic oxidation sites excluding steroid dienone is 1. The molecular weight excluding hydrogens is 1060 g/mol. The summed E-state index contributed by atoms with van der Waals surface area (Å²) in [5, 5.41) is 30.8. The number of aliphatic carboxylic acids is 2. The van der Waals surface area contributed by atoms with Crippen molar-refractivity contribution in [2.75, 3.05) is 63.1 Å². The number of sulfonamides is 1. The molecule has 0 bridgehead atoms. The van der Waals surface area contributed by atoms with Gasteiger partial charge in [0.25, 0.3) is 21.6 Å². The van der Waals surface area contributed by atoms with Gasteiger partial charge in [0, 0.05) is 79.3 Å². The fraction of sp³-hybridized carbons (Fsp3) is 0.380. The number of rotatable bonds is 12. The van der Waals surface area contributed by atoms with Crippen molar-refractivity contribution in [2.24, 2.45) is 5.41 Å². The van der Waals surface area contributed by atoms with Gasteiger partial charge in [0.15, 0.2) is 5.82 Å². The van der Waals surface area contributed by atoms with Crippen molar-refractivity contribution in [3.05, 3.63) is 123 Å². The highest BCUT2D eigenvalue weighted by Gasteiger charge is 2.39. The number of nitrogens with one attached hydrogen (secondary N) is 3. The Hall–Kier alpha value is -6.96. The van der Waals surface area contributed by atoms with Crippen LogP contribution >= 0.6 is 11.6 Å². The van der Waals surface area contributed by atoms with E-state index in [4.69, 9.17) is 36.1 Å². The van der Waals surface area contributed by atoms with E-state index in [0.29, 0.717) is 29.0 Å². The van der Waals surface area contributed by atoms with Crippen LogP contribution < -0.4 is 19.7 Å². The zero-order chi connectivity index (χ0) is 55.9. The van der Waals surface area contributed by atoms with Crippen LogP contribution in [0.1, 0.15) is 61.9 Å².